The highest BCUT2D eigenvalue weighted by Crippen LogP contribution is 2.20. The van der Waals surface area contributed by atoms with Gasteiger partial charge in [0.05, 0.1) is 6.10 Å². The van der Waals surface area contributed by atoms with Gasteiger partial charge < -0.3 is 15.0 Å². The fourth-order valence-electron chi connectivity index (χ4n) is 2.32. The highest BCUT2D eigenvalue weighted by molar-refractivity contribution is 5.48. The Kier molecular flexibility index (Phi) is 4.75. The van der Waals surface area contributed by atoms with Crippen LogP contribution in [0.25, 0.3) is 0 Å². The maximum absolute atomic E-state index is 5.71. The van der Waals surface area contributed by atoms with Crippen molar-refractivity contribution in [2.75, 3.05) is 36.5 Å². The van der Waals surface area contributed by atoms with Crippen LogP contribution in [0, 0.1) is 0 Å². The van der Waals surface area contributed by atoms with E-state index in [0.717, 1.165) is 50.7 Å². The highest BCUT2D eigenvalue weighted by Gasteiger charge is 2.21. The largest absolute Gasteiger partial charge is 0.377 e. The molecule has 2 heterocycles. The first-order valence-corrected chi connectivity index (χ1v) is 6.76. The van der Waals surface area contributed by atoms with Crippen LogP contribution in [0.3, 0.4) is 0 Å². The number of ether oxygens (including phenoxy) is 1. The minimum absolute atomic E-state index is 0.335. The molecule has 1 fully saturated rings. The molecule has 1 aromatic heterocycles. The Morgan fingerprint density at radius 3 is 3.11 bits per heavy atom. The van der Waals surface area contributed by atoms with E-state index in [0.29, 0.717) is 6.10 Å². The van der Waals surface area contributed by atoms with Crippen LogP contribution in [-0.4, -0.2) is 42.3 Å². The topological polar surface area (TPSA) is 50.3 Å². The second-order valence-corrected chi connectivity index (χ2v) is 4.46. The van der Waals surface area contributed by atoms with Gasteiger partial charge in [-0.25, -0.2) is 9.97 Å². The van der Waals surface area contributed by atoms with Crippen molar-refractivity contribution < 1.29 is 4.74 Å². The van der Waals surface area contributed by atoms with Crippen LogP contribution in [0.2, 0.25) is 0 Å². The van der Waals surface area contributed by atoms with Gasteiger partial charge in [-0.05, 0) is 26.7 Å². The zero-order valence-electron chi connectivity index (χ0n) is 11.2. The molecule has 1 aliphatic rings. The average Bonchev–Trinajstić information content (AvgIpc) is 2.40. The summed E-state index contributed by atoms with van der Waals surface area (Å²) in [6.45, 7) is 7.74. The highest BCUT2D eigenvalue weighted by atomic mass is 16.5. The number of piperidine rings is 1. The first-order valence-electron chi connectivity index (χ1n) is 6.76. The molecule has 0 aromatic carbocycles. The van der Waals surface area contributed by atoms with Gasteiger partial charge in [0, 0.05) is 32.3 Å². The van der Waals surface area contributed by atoms with Crippen LogP contribution < -0.4 is 10.2 Å². The van der Waals surface area contributed by atoms with Gasteiger partial charge in [-0.2, -0.15) is 0 Å². The lowest BCUT2D eigenvalue weighted by Crippen LogP contribution is -2.40. The van der Waals surface area contributed by atoms with Crippen LogP contribution in [0.5, 0.6) is 0 Å². The standard InChI is InChI=1S/C13H22N4O/c1-3-14-12-8-13(16-10-15-12)17-7-5-6-11(9-17)18-4-2/h8,10-11H,3-7,9H2,1-2H3,(H,14,15,16). The second-order valence-electron chi connectivity index (χ2n) is 4.46. The normalized spacial score (nSPS) is 19.9. The molecule has 0 aliphatic carbocycles. The number of nitrogens with one attached hydrogen (secondary N) is 1. The zero-order chi connectivity index (χ0) is 12.8. The van der Waals surface area contributed by atoms with Gasteiger partial charge in [-0.15, -0.1) is 0 Å². The second kappa shape index (κ2) is 6.54. The molecule has 0 radical (unpaired) electrons. The molecule has 18 heavy (non-hydrogen) atoms. The molecular formula is C13H22N4O. The Morgan fingerprint density at radius 1 is 1.44 bits per heavy atom. The quantitative estimate of drug-likeness (QED) is 0.865. The Bertz CT molecular complexity index is 370. The third-order valence-electron chi connectivity index (χ3n) is 3.12. The number of rotatable bonds is 5. The molecule has 1 N–H and O–H groups in total. The Morgan fingerprint density at radius 2 is 2.33 bits per heavy atom. The first-order chi connectivity index (χ1) is 8.83. The van der Waals surface area contributed by atoms with Gasteiger partial charge in [0.15, 0.2) is 0 Å². The van der Waals surface area contributed by atoms with Crippen LogP contribution >= 0.6 is 0 Å². The van der Waals surface area contributed by atoms with Gasteiger partial charge >= 0.3 is 0 Å². The van der Waals surface area contributed by atoms with Gasteiger partial charge in [0.2, 0.25) is 0 Å². The van der Waals surface area contributed by atoms with E-state index in [1.807, 2.05) is 13.0 Å². The molecule has 0 amide bonds. The zero-order valence-corrected chi connectivity index (χ0v) is 11.2. The molecule has 0 spiro atoms. The van der Waals surface area contributed by atoms with Crippen molar-refractivity contribution in [2.24, 2.45) is 0 Å². The van der Waals surface area contributed by atoms with Crippen molar-refractivity contribution >= 4 is 11.6 Å². The summed E-state index contributed by atoms with van der Waals surface area (Å²) in [7, 11) is 0. The van der Waals surface area contributed by atoms with Crippen molar-refractivity contribution in [3.63, 3.8) is 0 Å². The molecule has 1 aliphatic heterocycles. The summed E-state index contributed by atoms with van der Waals surface area (Å²) in [5.41, 5.74) is 0. The number of hydrogen-bond acceptors (Lipinski definition) is 5. The van der Waals surface area contributed by atoms with Crippen LogP contribution in [0.1, 0.15) is 26.7 Å². The van der Waals surface area contributed by atoms with Gasteiger partial charge in [-0.3, -0.25) is 0 Å². The molecule has 1 saturated heterocycles. The van der Waals surface area contributed by atoms with Crippen molar-refractivity contribution in [1.29, 1.82) is 0 Å². The van der Waals surface area contributed by atoms with Crippen molar-refractivity contribution in [1.82, 2.24) is 9.97 Å². The molecule has 5 heteroatoms. The molecule has 0 saturated carbocycles. The Hall–Kier alpha value is -1.36. The summed E-state index contributed by atoms with van der Waals surface area (Å²) >= 11 is 0. The summed E-state index contributed by atoms with van der Waals surface area (Å²) < 4.78 is 5.71. The van der Waals surface area contributed by atoms with Gasteiger partial charge in [0.25, 0.3) is 0 Å². The summed E-state index contributed by atoms with van der Waals surface area (Å²) in [5, 5.41) is 3.21. The number of nitrogens with zero attached hydrogens (tertiary/aromatic N) is 3. The lowest BCUT2D eigenvalue weighted by atomic mass is 10.1. The lowest BCUT2D eigenvalue weighted by Gasteiger charge is -2.33. The third-order valence-corrected chi connectivity index (χ3v) is 3.12. The minimum atomic E-state index is 0.335. The number of hydrogen-bond donors (Lipinski definition) is 1. The van der Waals surface area contributed by atoms with Crippen molar-refractivity contribution in [3.8, 4) is 0 Å². The van der Waals surface area contributed by atoms with E-state index < -0.39 is 0 Å². The van der Waals surface area contributed by atoms with E-state index in [1.165, 1.54) is 0 Å². The van der Waals surface area contributed by atoms with Gasteiger partial charge in [-0.1, -0.05) is 0 Å². The van der Waals surface area contributed by atoms with E-state index in [2.05, 4.69) is 27.1 Å². The van der Waals surface area contributed by atoms with Gasteiger partial charge in [0.1, 0.15) is 18.0 Å². The van der Waals surface area contributed by atoms with E-state index in [-0.39, 0.29) is 0 Å². The predicted octanol–water partition coefficient (Wildman–Crippen LogP) is 1.91. The summed E-state index contributed by atoms with van der Waals surface area (Å²) in [4.78, 5) is 10.8. The molecule has 1 atom stereocenters. The molecule has 5 nitrogen and oxygen atoms in total. The first kappa shape index (κ1) is 13.1. The molecule has 2 rings (SSSR count). The molecule has 100 valence electrons. The average molecular weight is 250 g/mol. The third kappa shape index (κ3) is 3.32. The lowest BCUT2D eigenvalue weighted by molar-refractivity contribution is 0.0525. The SMILES string of the molecule is CCNc1cc(N2CCCC(OCC)C2)ncn1. The van der Waals surface area contributed by atoms with Crippen molar-refractivity contribution in [3.05, 3.63) is 12.4 Å². The van der Waals surface area contributed by atoms with E-state index in [1.54, 1.807) is 6.33 Å². The van der Waals surface area contributed by atoms with Crippen molar-refractivity contribution in [2.45, 2.75) is 32.8 Å². The maximum Gasteiger partial charge on any atom is 0.134 e. The number of anilines is 2. The fourth-order valence-corrected chi connectivity index (χ4v) is 2.32. The number of aromatic nitrogens is 2. The van der Waals surface area contributed by atoms with E-state index >= 15 is 0 Å². The Balaban J connectivity index is 2.03. The summed E-state index contributed by atoms with van der Waals surface area (Å²) in [6, 6.07) is 2.01. The molecule has 1 aromatic rings. The minimum Gasteiger partial charge on any atom is -0.377 e. The fraction of sp³-hybridized carbons (Fsp3) is 0.692. The summed E-state index contributed by atoms with van der Waals surface area (Å²) in [5.74, 6) is 1.88. The summed E-state index contributed by atoms with van der Waals surface area (Å²) in [6.07, 6.45) is 4.26. The van der Waals surface area contributed by atoms with Crippen LogP contribution in [0.4, 0.5) is 11.6 Å². The molecule has 0 bridgehead atoms. The molecule has 1 unspecified atom stereocenters. The Labute approximate surface area is 109 Å². The van der Waals surface area contributed by atoms with E-state index in [4.69, 9.17) is 4.74 Å². The molecular weight excluding hydrogens is 228 g/mol. The monoisotopic (exact) mass is 250 g/mol. The predicted molar refractivity (Wildman–Crippen MR) is 73.1 cm³/mol. The van der Waals surface area contributed by atoms with Crippen LogP contribution in [-0.2, 0) is 4.74 Å². The smallest absolute Gasteiger partial charge is 0.134 e. The maximum atomic E-state index is 5.71. The van der Waals surface area contributed by atoms with E-state index in [9.17, 15) is 0 Å². The van der Waals surface area contributed by atoms with Crippen LogP contribution in [0.15, 0.2) is 12.4 Å².